The van der Waals surface area contributed by atoms with Crippen LogP contribution in [0.25, 0.3) is 0 Å². The van der Waals surface area contributed by atoms with Crippen molar-refractivity contribution in [2.45, 2.75) is 38.4 Å². The lowest BCUT2D eigenvalue weighted by Crippen LogP contribution is -2.33. The molecule has 0 radical (unpaired) electrons. The van der Waals surface area contributed by atoms with Gasteiger partial charge in [0.1, 0.15) is 12.2 Å². The third-order valence-corrected chi connectivity index (χ3v) is 4.55. The van der Waals surface area contributed by atoms with E-state index >= 15 is 0 Å². The van der Waals surface area contributed by atoms with Gasteiger partial charge in [-0.3, -0.25) is 4.79 Å². The molecule has 0 amide bonds. The molecule has 1 aromatic carbocycles. The fourth-order valence-electron chi connectivity index (χ4n) is 3.43. The third-order valence-electron chi connectivity index (χ3n) is 4.55. The highest BCUT2D eigenvalue weighted by atomic mass is 16.6. The first-order valence-electron chi connectivity index (χ1n) is 7.51. The third kappa shape index (κ3) is 3.27. The average Bonchev–Trinajstić information content (AvgIpc) is 3.03. The number of hydrogen-bond donors (Lipinski definition) is 0. The summed E-state index contributed by atoms with van der Waals surface area (Å²) in [6.45, 7) is 3.88. The summed E-state index contributed by atoms with van der Waals surface area (Å²) in [6, 6.07) is 10.2. The summed E-state index contributed by atoms with van der Waals surface area (Å²) in [5.41, 5.74) is 1.04. The Morgan fingerprint density at radius 2 is 2.05 bits per heavy atom. The van der Waals surface area contributed by atoms with Crippen LogP contribution >= 0.6 is 0 Å². The van der Waals surface area contributed by atoms with Gasteiger partial charge in [-0.15, -0.1) is 0 Å². The molecular weight excluding hydrogens is 268 g/mol. The van der Waals surface area contributed by atoms with Crippen molar-refractivity contribution in [2.24, 2.45) is 5.41 Å². The summed E-state index contributed by atoms with van der Waals surface area (Å²) < 4.78 is 17.0. The van der Waals surface area contributed by atoms with Crippen molar-refractivity contribution in [3.63, 3.8) is 0 Å². The topological polar surface area (TPSA) is 44.8 Å². The van der Waals surface area contributed by atoms with Crippen LogP contribution in [0.2, 0.25) is 0 Å². The molecule has 1 aromatic rings. The minimum Gasteiger partial charge on any atom is -0.463 e. The Bertz CT molecular complexity index is 489. The summed E-state index contributed by atoms with van der Waals surface area (Å²) in [5, 5.41) is 0. The summed E-state index contributed by atoms with van der Waals surface area (Å²) in [5.74, 6) is -0.238. The van der Waals surface area contributed by atoms with Crippen LogP contribution in [0, 0.1) is 5.41 Å². The zero-order valence-electron chi connectivity index (χ0n) is 12.5. The molecule has 114 valence electrons. The average molecular weight is 290 g/mol. The number of carbonyl (C=O) groups excluding carboxylic acids is 1. The van der Waals surface area contributed by atoms with E-state index in [1.807, 2.05) is 18.2 Å². The summed E-state index contributed by atoms with van der Waals surface area (Å²) in [4.78, 5) is 11.0. The zero-order chi connectivity index (χ0) is 14.8. The van der Waals surface area contributed by atoms with Gasteiger partial charge in [-0.2, -0.15) is 0 Å². The second-order valence-electron chi connectivity index (χ2n) is 6.41. The van der Waals surface area contributed by atoms with E-state index in [4.69, 9.17) is 14.2 Å². The van der Waals surface area contributed by atoms with E-state index in [0.717, 1.165) is 19.3 Å². The number of fused-ring (bicyclic) bond motifs is 2. The molecule has 2 unspecified atom stereocenters. The highest BCUT2D eigenvalue weighted by Crippen LogP contribution is 2.53. The van der Waals surface area contributed by atoms with Crippen LogP contribution in [0.5, 0.6) is 0 Å². The molecule has 1 heterocycles. The maximum absolute atomic E-state index is 11.0. The van der Waals surface area contributed by atoms with E-state index in [2.05, 4.69) is 12.1 Å². The standard InChI is InChI=1S/C17H22O4/c1-14(18)20-13-17-8-7-16(10-17,12-21-17)11-19-9-15-5-3-2-4-6-15/h2-6H,7-13H2,1H3. The number of ether oxygens (including phenoxy) is 3. The molecule has 2 bridgehead atoms. The van der Waals surface area contributed by atoms with Gasteiger partial charge in [0.15, 0.2) is 0 Å². The zero-order valence-corrected chi connectivity index (χ0v) is 12.5. The highest BCUT2D eigenvalue weighted by molar-refractivity contribution is 5.66. The molecule has 3 rings (SSSR count). The predicted octanol–water partition coefficient (Wildman–Crippen LogP) is 2.71. The van der Waals surface area contributed by atoms with Gasteiger partial charge in [-0.05, 0) is 24.8 Å². The van der Waals surface area contributed by atoms with Crippen molar-refractivity contribution in [3.8, 4) is 0 Å². The van der Waals surface area contributed by atoms with Gasteiger partial charge in [0, 0.05) is 12.3 Å². The monoisotopic (exact) mass is 290 g/mol. The van der Waals surface area contributed by atoms with E-state index in [0.29, 0.717) is 26.4 Å². The Labute approximate surface area is 125 Å². The first-order chi connectivity index (χ1) is 10.1. The normalized spacial score (nSPS) is 30.5. The molecule has 1 saturated heterocycles. The fraction of sp³-hybridized carbons (Fsp3) is 0.588. The van der Waals surface area contributed by atoms with Crippen LogP contribution in [0.15, 0.2) is 30.3 Å². The Morgan fingerprint density at radius 1 is 1.24 bits per heavy atom. The molecule has 4 heteroatoms. The lowest BCUT2D eigenvalue weighted by atomic mass is 9.89. The predicted molar refractivity (Wildman–Crippen MR) is 77.7 cm³/mol. The van der Waals surface area contributed by atoms with Gasteiger partial charge in [0.2, 0.25) is 0 Å². The van der Waals surface area contributed by atoms with Gasteiger partial charge in [0.25, 0.3) is 0 Å². The van der Waals surface area contributed by atoms with E-state index in [1.54, 1.807) is 0 Å². The van der Waals surface area contributed by atoms with Crippen LogP contribution in [0.1, 0.15) is 31.7 Å². The molecule has 1 saturated carbocycles. The Hall–Kier alpha value is -1.39. The molecule has 0 N–H and O–H groups in total. The van der Waals surface area contributed by atoms with Crippen LogP contribution in [-0.4, -0.2) is 31.4 Å². The van der Waals surface area contributed by atoms with Crippen molar-refractivity contribution in [2.75, 3.05) is 19.8 Å². The Kier molecular flexibility index (Phi) is 4.00. The van der Waals surface area contributed by atoms with E-state index < -0.39 is 0 Å². The van der Waals surface area contributed by atoms with Crippen molar-refractivity contribution in [3.05, 3.63) is 35.9 Å². The first-order valence-corrected chi connectivity index (χ1v) is 7.51. The number of hydrogen-bond acceptors (Lipinski definition) is 4. The highest BCUT2D eigenvalue weighted by Gasteiger charge is 2.56. The Morgan fingerprint density at radius 3 is 2.71 bits per heavy atom. The maximum Gasteiger partial charge on any atom is 0.302 e. The van der Waals surface area contributed by atoms with Gasteiger partial charge >= 0.3 is 5.97 Å². The molecule has 2 atom stereocenters. The van der Waals surface area contributed by atoms with Crippen molar-refractivity contribution in [1.82, 2.24) is 0 Å². The van der Waals surface area contributed by atoms with Gasteiger partial charge in [-0.1, -0.05) is 30.3 Å². The summed E-state index contributed by atoms with van der Waals surface area (Å²) in [6.07, 6.45) is 2.97. The van der Waals surface area contributed by atoms with Crippen LogP contribution in [-0.2, 0) is 25.6 Å². The number of carbonyl (C=O) groups is 1. The van der Waals surface area contributed by atoms with E-state index in [9.17, 15) is 4.79 Å². The smallest absolute Gasteiger partial charge is 0.302 e. The molecule has 0 aromatic heterocycles. The first kappa shape index (κ1) is 14.5. The number of rotatable bonds is 6. The van der Waals surface area contributed by atoms with Crippen molar-refractivity contribution in [1.29, 1.82) is 0 Å². The summed E-state index contributed by atoms with van der Waals surface area (Å²) >= 11 is 0. The minimum absolute atomic E-state index is 0.106. The van der Waals surface area contributed by atoms with Gasteiger partial charge in [-0.25, -0.2) is 0 Å². The van der Waals surface area contributed by atoms with Gasteiger partial charge < -0.3 is 14.2 Å². The van der Waals surface area contributed by atoms with Crippen molar-refractivity contribution >= 4 is 5.97 Å². The molecule has 21 heavy (non-hydrogen) atoms. The SMILES string of the molecule is CC(=O)OCC12CCC(COCc3ccccc3)(CO1)C2. The molecule has 2 aliphatic rings. The quantitative estimate of drug-likeness (QED) is 0.756. The second-order valence-corrected chi connectivity index (χ2v) is 6.41. The largest absolute Gasteiger partial charge is 0.463 e. The summed E-state index contributed by atoms with van der Waals surface area (Å²) in [7, 11) is 0. The number of esters is 1. The molecule has 2 fully saturated rings. The lowest BCUT2D eigenvalue weighted by molar-refractivity contribution is -0.151. The molecule has 0 spiro atoms. The van der Waals surface area contributed by atoms with E-state index in [1.165, 1.54) is 12.5 Å². The molecule has 1 aliphatic carbocycles. The van der Waals surface area contributed by atoms with Crippen LogP contribution < -0.4 is 0 Å². The Balaban J connectivity index is 1.50. The molecule has 4 nitrogen and oxygen atoms in total. The fourth-order valence-corrected chi connectivity index (χ4v) is 3.43. The lowest BCUT2D eigenvalue weighted by Gasteiger charge is -2.27. The van der Waals surface area contributed by atoms with Gasteiger partial charge in [0.05, 0.1) is 19.8 Å². The van der Waals surface area contributed by atoms with Crippen LogP contribution in [0.3, 0.4) is 0 Å². The maximum atomic E-state index is 11.0. The van der Waals surface area contributed by atoms with Crippen molar-refractivity contribution < 1.29 is 19.0 Å². The second kappa shape index (κ2) is 5.78. The van der Waals surface area contributed by atoms with E-state index in [-0.39, 0.29) is 17.0 Å². The molecule has 1 aliphatic heterocycles. The van der Waals surface area contributed by atoms with Crippen LogP contribution in [0.4, 0.5) is 0 Å². The number of benzene rings is 1. The molecular formula is C17H22O4. The minimum atomic E-state index is -0.262.